The van der Waals surface area contributed by atoms with Gasteiger partial charge in [-0.25, -0.2) is 4.39 Å². The van der Waals surface area contributed by atoms with Gasteiger partial charge in [0.2, 0.25) is 0 Å². The molecule has 1 amide bonds. The smallest absolute Gasteiger partial charge is 0.265 e. The van der Waals surface area contributed by atoms with Crippen LogP contribution in [0.5, 0.6) is 5.75 Å². The SMILES string of the molecule is CC[C@@H](Oc1ccccc1F)C(=O)Nc1ccccc1Br. The van der Waals surface area contributed by atoms with Crippen molar-refractivity contribution in [3.8, 4) is 5.75 Å². The van der Waals surface area contributed by atoms with Crippen LogP contribution in [0.3, 0.4) is 0 Å². The Morgan fingerprint density at radius 2 is 1.90 bits per heavy atom. The second kappa shape index (κ2) is 7.22. The average molecular weight is 352 g/mol. The van der Waals surface area contributed by atoms with Crippen molar-refractivity contribution >= 4 is 27.5 Å². The fourth-order valence-corrected chi connectivity index (χ4v) is 2.18. The third-order valence-electron chi connectivity index (χ3n) is 2.90. The van der Waals surface area contributed by atoms with E-state index in [-0.39, 0.29) is 11.7 Å². The van der Waals surface area contributed by atoms with Gasteiger partial charge in [0.1, 0.15) is 0 Å². The van der Waals surface area contributed by atoms with Gasteiger partial charge in [-0.05, 0) is 46.6 Å². The highest BCUT2D eigenvalue weighted by atomic mass is 79.9. The van der Waals surface area contributed by atoms with Gasteiger partial charge >= 0.3 is 0 Å². The molecule has 1 atom stereocenters. The Morgan fingerprint density at radius 3 is 2.57 bits per heavy atom. The van der Waals surface area contributed by atoms with Crippen LogP contribution >= 0.6 is 15.9 Å². The summed E-state index contributed by atoms with van der Waals surface area (Å²) >= 11 is 3.36. The summed E-state index contributed by atoms with van der Waals surface area (Å²) < 4.78 is 19.8. The highest BCUT2D eigenvalue weighted by molar-refractivity contribution is 9.10. The van der Waals surface area contributed by atoms with Crippen LogP contribution in [-0.4, -0.2) is 12.0 Å². The Balaban J connectivity index is 2.09. The van der Waals surface area contributed by atoms with Gasteiger partial charge < -0.3 is 10.1 Å². The molecule has 0 heterocycles. The van der Waals surface area contributed by atoms with Crippen molar-refractivity contribution < 1.29 is 13.9 Å². The van der Waals surface area contributed by atoms with Gasteiger partial charge in [-0.2, -0.15) is 0 Å². The van der Waals surface area contributed by atoms with E-state index in [1.807, 2.05) is 25.1 Å². The zero-order chi connectivity index (χ0) is 15.2. The quantitative estimate of drug-likeness (QED) is 0.867. The number of hydrogen-bond acceptors (Lipinski definition) is 2. The maximum absolute atomic E-state index is 13.6. The lowest BCUT2D eigenvalue weighted by atomic mass is 10.2. The van der Waals surface area contributed by atoms with E-state index in [0.29, 0.717) is 12.1 Å². The monoisotopic (exact) mass is 351 g/mol. The summed E-state index contributed by atoms with van der Waals surface area (Å²) in [6.07, 6.45) is -0.320. The number of benzene rings is 2. The Labute approximate surface area is 131 Å². The Hall–Kier alpha value is -1.88. The molecule has 1 N–H and O–H groups in total. The number of halogens is 2. The van der Waals surface area contributed by atoms with Crippen LogP contribution in [0.2, 0.25) is 0 Å². The van der Waals surface area contributed by atoms with Gasteiger partial charge in [-0.1, -0.05) is 31.2 Å². The summed E-state index contributed by atoms with van der Waals surface area (Å²) in [6.45, 7) is 1.81. The fraction of sp³-hybridized carbons (Fsp3) is 0.188. The molecule has 0 spiro atoms. The zero-order valence-corrected chi connectivity index (χ0v) is 13.1. The number of amides is 1. The Bertz CT molecular complexity index is 633. The first-order valence-corrected chi connectivity index (χ1v) is 7.37. The van der Waals surface area contributed by atoms with Crippen molar-refractivity contribution in [3.63, 3.8) is 0 Å². The lowest BCUT2D eigenvalue weighted by molar-refractivity contribution is -0.122. The molecule has 0 saturated heterocycles. The highest BCUT2D eigenvalue weighted by Crippen LogP contribution is 2.23. The first-order chi connectivity index (χ1) is 10.1. The molecular formula is C16H15BrFNO2. The summed E-state index contributed by atoms with van der Waals surface area (Å²) in [4.78, 5) is 12.2. The minimum atomic E-state index is -0.756. The van der Waals surface area contributed by atoms with Crippen molar-refractivity contribution in [3.05, 3.63) is 58.8 Å². The maximum Gasteiger partial charge on any atom is 0.265 e. The molecule has 21 heavy (non-hydrogen) atoms. The van der Waals surface area contributed by atoms with Crippen LogP contribution in [0, 0.1) is 5.82 Å². The summed E-state index contributed by atoms with van der Waals surface area (Å²) in [5, 5.41) is 2.77. The van der Waals surface area contributed by atoms with Gasteiger partial charge in [-0.15, -0.1) is 0 Å². The number of nitrogens with one attached hydrogen (secondary N) is 1. The molecule has 0 saturated carbocycles. The molecule has 5 heteroatoms. The molecule has 3 nitrogen and oxygen atoms in total. The second-order valence-corrected chi connectivity index (χ2v) is 5.27. The van der Waals surface area contributed by atoms with Gasteiger partial charge in [0.25, 0.3) is 5.91 Å². The summed E-state index contributed by atoms with van der Waals surface area (Å²) in [6, 6.07) is 13.3. The minimum absolute atomic E-state index is 0.0756. The molecule has 2 aromatic rings. The van der Waals surface area contributed by atoms with Crippen molar-refractivity contribution in [1.82, 2.24) is 0 Å². The van der Waals surface area contributed by atoms with E-state index in [4.69, 9.17) is 4.74 Å². The van der Waals surface area contributed by atoms with E-state index in [1.165, 1.54) is 12.1 Å². The average Bonchev–Trinajstić information content (AvgIpc) is 2.48. The fourth-order valence-electron chi connectivity index (χ4n) is 1.79. The van der Waals surface area contributed by atoms with Crippen molar-refractivity contribution in [2.45, 2.75) is 19.4 Å². The van der Waals surface area contributed by atoms with E-state index >= 15 is 0 Å². The molecule has 0 aromatic heterocycles. The summed E-state index contributed by atoms with van der Waals surface area (Å²) in [5.41, 5.74) is 0.651. The molecule has 0 aliphatic heterocycles. The normalized spacial score (nSPS) is 11.8. The number of hydrogen-bond donors (Lipinski definition) is 1. The first-order valence-electron chi connectivity index (χ1n) is 6.58. The minimum Gasteiger partial charge on any atom is -0.478 e. The Morgan fingerprint density at radius 1 is 1.24 bits per heavy atom. The third kappa shape index (κ3) is 4.04. The number of carbonyl (C=O) groups is 1. The van der Waals surface area contributed by atoms with Gasteiger partial charge in [0.15, 0.2) is 17.7 Å². The predicted molar refractivity (Wildman–Crippen MR) is 83.9 cm³/mol. The van der Waals surface area contributed by atoms with Crippen LogP contribution < -0.4 is 10.1 Å². The van der Waals surface area contributed by atoms with Crippen LogP contribution in [0.1, 0.15) is 13.3 Å². The molecule has 0 aliphatic rings. The van der Waals surface area contributed by atoms with E-state index < -0.39 is 11.9 Å². The largest absolute Gasteiger partial charge is 0.478 e. The molecule has 0 radical (unpaired) electrons. The van der Waals surface area contributed by atoms with E-state index in [1.54, 1.807) is 18.2 Å². The highest BCUT2D eigenvalue weighted by Gasteiger charge is 2.20. The number of para-hydroxylation sites is 2. The number of carbonyl (C=O) groups excluding carboxylic acids is 1. The second-order valence-electron chi connectivity index (χ2n) is 4.41. The van der Waals surface area contributed by atoms with Crippen LogP contribution in [0.25, 0.3) is 0 Å². The lowest BCUT2D eigenvalue weighted by Gasteiger charge is -2.18. The third-order valence-corrected chi connectivity index (χ3v) is 3.59. The number of ether oxygens (including phenoxy) is 1. The van der Waals surface area contributed by atoms with Crippen LogP contribution in [0.15, 0.2) is 53.0 Å². The maximum atomic E-state index is 13.6. The summed E-state index contributed by atoms with van der Waals surface area (Å²) in [7, 11) is 0. The molecule has 2 aromatic carbocycles. The molecule has 2 rings (SSSR count). The Kier molecular flexibility index (Phi) is 5.33. The predicted octanol–water partition coefficient (Wildman–Crippen LogP) is 4.38. The number of rotatable bonds is 5. The molecule has 110 valence electrons. The van der Waals surface area contributed by atoms with E-state index in [2.05, 4.69) is 21.2 Å². The van der Waals surface area contributed by atoms with Crippen molar-refractivity contribution in [1.29, 1.82) is 0 Å². The lowest BCUT2D eigenvalue weighted by Crippen LogP contribution is -2.32. The topological polar surface area (TPSA) is 38.3 Å². The molecule has 0 fully saturated rings. The van der Waals surface area contributed by atoms with Gasteiger partial charge in [0, 0.05) is 4.47 Å². The summed E-state index contributed by atoms with van der Waals surface area (Å²) in [5.74, 6) is -0.719. The van der Waals surface area contributed by atoms with Gasteiger partial charge in [0.05, 0.1) is 5.69 Å². The van der Waals surface area contributed by atoms with E-state index in [0.717, 1.165) is 4.47 Å². The van der Waals surface area contributed by atoms with Crippen molar-refractivity contribution in [2.75, 3.05) is 5.32 Å². The molecule has 0 bridgehead atoms. The van der Waals surface area contributed by atoms with Crippen LogP contribution in [0.4, 0.5) is 10.1 Å². The standard InChI is InChI=1S/C16H15BrFNO2/c1-2-14(21-15-10-6-4-8-12(15)18)16(20)19-13-9-5-3-7-11(13)17/h3-10,14H,2H2,1H3,(H,19,20)/t14-/m1/s1. The van der Waals surface area contributed by atoms with E-state index in [9.17, 15) is 9.18 Å². The van der Waals surface area contributed by atoms with Crippen molar-refractivity contribution in [2.24, 2.45) is 0 Å². The molecule has 0 aliphatic carbocycles. The zero-order valence-electron chi connectivity index (χ0n) is 11.5. The van der Waals surface area contributed by atoms with Gasteiger partial charge in [-0.3, -0.25) is 4.79 Å². The number of anilines is 1. The molecular weight excluding hydrogens is 337 g/mol. The first kappa shape index (κ1) is 15.5. The molecule has 0 unspecified atom stereocenters. The van der Waals surface area contributed by atoms with Crippen LogP contribution in [-0.2, 0) is 4.79 Å².